The molecule has 5 aromatic rings. The average molecular weight is 549 g/mol. The van der Waals surface area contributed by atoms with Crippen LogP contribution in [-0.2, 0) is 11.8 Å². The van der Waals surface area contributed by atoms with Crippen LogP contribution in [0.2, 0.25) is 0 Å². The molecule has 1 atom stereocenters. The number of nitrogen functional groups attached to an aromatic ring is 1. The number of nitrogens with zero attached hydrogens (tertiary/aromatic N) is 3. The second-order valence-electron chi connectivity index (χ2n) is 11.4. The first-order chi connectivity index (χ1) is 19.6. The molecule has 0 saturated heterocycles. The number of nitrogens with one attached hydrogen (secondary N) is 2. The van der Waals surface area contributed by atoms with Gasteiger partial charge in [0.25, 0.3) is 0 Å². The van der Waals surface area contributed by atoms with Gasteiger partial charge in [-0.05, 0) is 55.8 Å². The molecule has 0 aliphatic carbocycles. The van der Waals surface area contributed by atoms with Crippen LogP contribution in [-0.4, -0.2) is 26.9 Å². The van der Waals surface area contributed by atoms with Gasteiger partial charge in [0.2, 0.25) is 0 Å². The summed E-state index contributed by atoms with van der Waals surface area (Å²) in [6, 6.07) is 25.0. The maximum atomic E-state index is 13.3. The first-order valence-corrected chi connectivity index (χ1v) is 13.7. The summed E-state index contributed by atoms with van der Waals surface area (Å²) in [5.41, 5.74) is 10.3. The Labute approximate surface area is 240 Å². The van der Waals surface area contributed by atoms with Crippen molar-refractivity contribution in [1.82, 2.24) is 14.8 Å². The van der Waals surface area contributed by atoms with Crippen molar-refractivity contribution in [1.29, 1.82) is 0 Å². The summed E-state index contributed by atoms with van der Waals surface area (Å²) in [6.45, 7) is 10.4. The van der Waals surface area contributed by atoms with E-state index in [-0.39, 0.29) is 17.6 Å². The van der Waals surface area contributed by atoms with Crippen LogP contribution in [0.1, 0.15) is 44.5 Å². The quantitative estimate of drug-likeness (QED) is 0.198. The first-order valence-electron chi connectivity index (χ1n) is 13.7. The zero-order chi connectivity index (χ0) is 29.1. The highest BCUT2D eigenvalue weighted by molar-refractivity contribution is 6.07. The lowest BCUT2D eigenvalue weighted by atomic mass is 9.92. The number of carbonyl (C=O) groups is 1. The van der Waals surface area contributed by atoms with Crippen LogP contribution < -0.4 is 21.1 Å². The number of fused-ring (bicyclic) bond motifs is 1. The van der Waals surface area contributed by atoms with E-state index in [1.54, 1.807) is 10.9 Å². The van der Waals surface area contributed by atoms with Crippen molar-refractivity contribution >= 4 is 34.1 Å². The van der Waals surface area contributed by atoms with Crippen molar-refractivity contribution in [2.24, 2.45) is 0 Å². The largest absolute Gasteiger partial charge is 0.490 e. The highest BCUT2D eigenvalue weighted by atomic mass is 16.5. The maximum absolute atomic E-state index is 13.3. The summed E-state index contributed by atoms with van der Waals surface area (Å²) in [5, 5.41) is 12.6. The highest BCUT2D eigenvalue weighted by Crippen LogP contribution is 2.33. The number of amides is 2. The Morgan fingerprint density at radius 1 is 0.976 bits per heavy atom. The summed E-state index contributed by atoms with van der Waals surface area (Å²) < 4.78 is 8.10. The second-order valence-corrected chi connectivity index (χ2v) is 11.4. The van der Waals surface area contributed by atoms with E-state index in [0.717, 1.165) is 39.0 Å². The first kappa shape index (κ1) is 27.7. The van der Waals surface area contributed by atoms with Gasteiger partial charge >= 0.3 is 6.03 Å². The predicted octanol–water partition coefficient (Wildman–Crippen LogP) is 7.26. The molecular weight excluding hydrogens is 512 g/mol. The van der Waals surface area contributed by atoms with Gasteiger partial charge in [-0.1, -0.05) is 62.7 Å². The van der Waals surface area contributed by atoms with E-state index in [0.29, 0.717) is 23.7 Å². The standard InChI is InChI=1S/C33H36N6O2/c1-21-10-12-24(13-11-21)39-31(20-29(38-39)33(3,4)5)37-32(40)36-27-14-15-28(26-9-7-6-8-25(26)27)41-22(2)18-23-16-17-35-30(34)19-23/h6-17,19-20,22H,18H2,1-5H3,(H2,34,35)(H2,36,37,40). The smallest absolute Gasteiger partial charge is 0.324 e. The van der Waals surface area contributed by atoms with Gasteiger partial charge in [0.1, 0.15) is 17.4 Å². The van der Waals surface area contributed by atoms with Crippen molar-refractivity contribution in [2.75, 3.05) is 16.4 Å². The normalized spacial score (nSPS) is 12.2. The third-order valence-electron chi connectivity index (χ3n) is 6.83. The molecule has 2 aromatic heterocycles. The van der Waals surface area contributed by atoms with E-state index in [1.807, 2.05) is 92.7 Å². The lowest BCUT2D eigenvalue weighted by Gasteiger charge is -2.18. The Kier molecular flexibility index (Phi) is 7.66. The molecule has 2 amide bonds. The van der Waals surface area contributed by atoms with Crippen molar-refractivity contribution in [3.05, 3.63) is 102 Å². The molecule has 2 heterocycles. The minimum absolute atomic E-state index is 0.0959. The van der Waals surface area contributed by atoms with E-state index in [9.17, 15) is 4.79 Å². The van der Waals surface area contributed by atoms with Crippen LogP contribution >= 0.6 is 0 Å². The summed E-state index contributed by atoms with van der Waals surface area (Å²) in [6.07, 6.45) is 2.30. The molecule has 4 N–H and O–H groups in total. The number of ether oxygens (including phenoxy) is 1. The van der Waals surface area contributed by atoms with Crippen molar-refractivity contribution in [3.8, 4) is 11.4 Å². The number of hydrogen-bond acceptors (Lipinski definition) is 5. The molecule has 0 bridgehead atoms. The third-order valence-corrected chi connectivity index (χ3v) is 6.83. The lowest BCUT2D eigenvalue weighted by Crippen LogP contribution is -2.21. The Morgan fingerprint density at radius 2 is 1.71 bits per heavy atom. The molecule has 0 radical (unpaired) electrons. The van der Waals surface area contributed by atoms with Crippen LogP contribution in [0.3, 0.4) is 0 Å². The molecule has 0 saturated carbocycles. The minimum Gasteiger partial charge on any atom is -0.490 e. The molecule has 0 aliphatic rings. The van der Waals surface area contributed by atoms with Gasteiger partial charge in [0.15, 0.2) is 0 Å². The number of carbonyl (C=O) groups excluding carboxylic acids is 1. The van der Waals surface area contributed by atoms with Crippen LogP contribution in [0, 0.1) is 6.92 Å². The molecule has 3 aromatic carbocycles. The average Bonchev–Trinajstić information content (AvgIpc) is 3.35. The van der Waals surface area contributed by atoms with Gasteiger partial charge in [-0.25, -0.2) is 14.5 Å². The van der Waals surface area contributed by atoms with Crippen molar-refractivity contribution < 1.29 is 9.53 Å². The Morgan fingerprint density at radius 3 is 2.41 bits per heavy atom. The Bertz CT molecular complexity index is 1680. The summed E-state index contributed by atoms with van der Waals surface area (Å²) in [7, 11) is 0. The van der Waals surface area contributed by atoms with Gasteiger partial charge < -0.3 is 15.8 Å². The number of benzene rings is 3. The number of urea groups is 1. The van der Waals surface area contributed by atoms with Crippen LogP contribution in [0.15, 0.2) is 85.1 Å². The minimum atomic E-state index is -0.360. The fraction of sp³-hybridized carbons (Fsp3) is 0.242. The summed E-state index contributed by atoms with van der Waals surface area (Å²) >= 11 is 0. The van der Waals surface area contributed by atoms with Crippen LogP contribution in [0.4, 0.5) is 22.1 Å². The zero-order valence-corrected chi connectivity index (χ0v) is 24.1. The van der Waals surface area contributed by atoms with E-state index in [4.69, 9.17) is 15.6 Å². The molecule has 210 valence electrons. The number of hydrogen-bond donors (Lipinski definition) is 3. The van der Waals surface area contributed by atoms with Gasteiger partial charge in [0.05, 0.1) is 23.2 Å². The molecule has 0 spiro atoms. The van der Waals surface area contributed by atoms with Gasteiger partial charge in [0, 0.05) is 34.9 Å². The second kappa shape index (κ2) is 11.3. The van der Waals surface area contributed by atoms with E-state index < -0.39 is 0 Å². The Hall–Kier alpha value is -4.85. The van der Waals surface area contributed by atoms with E-state index in [1.165, 1.54) is 0 Å². The molecule has 5 rings (SSSR count). The fourth-order valence-electron chi connectivity index (χ4n) is 4.68. The molecule has 0 fully saturated rings. The number of nitrogens with two attached hydrogens (primary N) is 1. The van der Waals surface area contributed by atoms with Gasteiger partial charge in [-0.3, -0.25) is 5.32 Å². The monoisotopic (exact) mass is 548 g/mol. The molecule has 8 heteroatoms. The summed E-state index contributed by atoms with van der Waals surface area (Å²) in [4.78, 5) is 17.4. The van der Waals surface area contributed by atoms with Gasteiger partial charge in [-0.15, -0.1) is 0 Å². The molecule has 41 heavy (non-hydrogen) atoms. The van der Waals surface area contributed by atoms with E-state index >= 15 is 0 Å². The maximum Gasteiger partial charge on any atom is 0.324 e. The SMILES string of the molecule is Cc1ccc(-n2nc(C(C)(C)C)cc2NC(=O)Nc2ccc(OC(C)Cc3ccnc(N)c3)c3ccccc23)cc1. The molecule has 0 aliphatic heterocycles. The van der Waals surface area contributed by atoms with Crippen LogP contribution in [0.25, 0.3) is 16.5 Å². The molecular formula is C33H36N6O2. The fourth-order valence-corrected chi connectivity index (χ4v) is 4.68. The highest BCUT2D eigenvalue weighted by Gasteiger charge is 2.22. The third kappa shape index (κ3) is 6.49. The van der Waals surface area contributed by atoms with E-state index in [2.05, 4.69) is 36.4 Å². The zero-order valence-electron chi connectivity index (χ0n) is 24.1. The topological polar surface area (TPSA) is 107 Å². The molecule has 1 unspecified atom stereocenters. The number of aromatic nitrogens is 3. The molecule has 8 nitrogen and oxygen atoms in total. The summed E-state index contributed by atoms with van der Waals surface area (Å²) in [5.74, 6) is 1.82. The number of anilines is 3. The van der Waals surface area contributed by atoms with Crippen molar-refractivity contribution in [3.63, 3.8) is 0 Å². The van der Waals surface area contributed by atoms with Crippen molar-refractivity contribution in [2.45, 2.75) is 52.6 Å². The number of aryl methyl sites for hydroxylation is 1. The number of rotatable bonds is 7. The Balaban J connectivity index is 1.37. The van der Waals surface area contributed by atoms with Gasteiger partial charge in [-0.2, -0.15) is 5.10 Å². The predicted molar refractivity (Wildman–Crippen MR) is 166 cm³/mol. The number of pyridine rings is 1. The van der Waals surface area contributed by atoms with Crippen LogP contribution in [0.5, 0.6) is 5.75 Å². The lowest BCUT2D eigenvalue weighted by molar-refractivity contribution is 0.225.